The Labute approximate surface area is 154 Å². The Balaban J connectivity index is 1.52. The largest absolute Gasteiger partial charge is 0.348 e. The van der Waals surface area contributed by atoms with E-state index < -0.39 is 23.5 Å². The second-order valence-electron chi connectivity index (χ2n) is 7.65. The first-order valence-corrected chi connectivity index (χ1v) is 9.74. The molecule has 0 N–H and O–H groups in total. The number of nitrogens with zero attached hydrogens (tertiary/aromatic N) is 1. The van der Waals surface area contributed by atoms with Gasteiger partial charge in [-0.2, -0.15) is 5.26 Å². The molecule has 0 unspecified atom stereocenters. The Bertz CT molecular complexity index is 619. The number of nitriles is 1. The minimum atomic E-state index is -0.873. The van der Waals surface area contributed by atoms with E-state index in [2.05, 4.69) is 6.92 Å². The van der Waals surface area contributed by atoms with Gasteiger partial charge in [-0.1, -0.05) is 39.0 Å². The van der Waals surface area contributed by atoms with Crippen LogP contribution < -0.4 is 0 Å². The summed E-state index contributed by atoms with van der Waals surface area (Å²) >= 11 is 0. The van der Waals surface area contributed by atoms with E-state index in [1.165, 1.54) is 51.0 Å². The molecule has 1 aliphatic heterocycles. The molecular weight excluding hydrogens is 336 g/mol. The van der Waals surface area contributed by atoms with E-state index in [1.54, 1.807) is 0 Å². The number of hydrogen-bond donors (Lipinski definition) is 0. The molecule has 0 radical (unpaired) electrons. The van der Waals surface area contributed by atoms with Gasteiger partial charge in [-0.05, 0) is 36.8 Å². The van der Waals surface area contributed by atoms with Crippen LogP contribution in [0.5, 0.6) is 0 Å². The summed E-state index contributed by atoms with van der Waals surface area (Å²) in [5.41, 5.74) is -0.275. The Morgan fingerprint density at radius 2 is 1.65 bits per heavy atom. The van der Waals surface area contributed by atoms with Gasteiger partial charge in [-0.25, -0.2) is 8.78 Å². The third-order valence-corrected chi connectivity index (χ3v) is 5.90. The summed E-state index contributed by atoms with van der Waals surface area (Å²) in [6, 6.07) is 3.79. The van der Waals surface area contributed by atoms with Gasteiger partial charge in [0.1, 0.15) is 23.3 Å². The predicted molar refractivity (Wildman–Crippen MR) is 94.2 cm³/mol. The van der Waals surface area contributed by atoms with E-state index in [4.69, 9.17) is 14.7 Å². The maximum Gasteiger partial charge on any atom is 0.184 e. The first-order chi connectivity index (χ1) is 12.6. The molecule has 0 spiro atoms. The summed E-state index contributed by atoms with van der Waals surface area (Å²) in [7, 11) is 0. The molecule has 1 saturated carbocycles. The SMILES string of the molecule is CCCCC1CCC(C2COC(c3cc(F)c(C#N)c(F)c3)OC2)CC1. The van der Waals surface area contributed by atoms with E-state index in [0.717, 1.165) is 18.1 Å². The second kappa shape index (κ2) is 8.92. The van der Waals surface area contributed by atoms with Crippen LogP contribution in [0.25, 0.3) is 0 Å². The molecule has 1 heterocycles. The fraction of sp³-hybridized carbons (Fsp3) is 0.667. The van der Waals surface area contributed by atoms with Crippen LogP contribution in [0.2, 0.25) is 0 Å². The first kappa shape index (κ1) is 19.3. The second-order valence-corrected chi connectivity index (χ2v) is 7.65. The van der Waals surface area contributed by atoms with Crippen molar-refractivity contribution in [2.24, 2.45) is 17.8 Å². The number of benzene rings is 1. The average Bonchev–Trinajstić information content (AvgIpc) is 2.67. The van der Waals surface area contributed by atoms with Gasteiger partial charge in [0.15, 0.2) is 6.29 Å². The lowest BCUT2D eigenvalue weighted by Crippen LogP contribution is -2.34. The van der Waals surface area contributed by atoms with Crippen LogP contribution in [0.15, 0.2) is 12.1 Å². The van der Waals surface area contributed by atoms with Crippen LogP contribution in [-0.4, -0.2) is 13.2 Å². The molecule has 26 heavy (non-hydrogen) atoms. The van der Waals surface area contributed by atoms with E-state index >= 15 is 0 Å². The molecule has 2 aliphatic rings. The normalized spacial score (nSPS) is 29.3. The van der Waals surface area contributed by atoms with Gasteiger partial charge in [0.2, 0.25) is 0 Å². The van der Waals surface area contributed by atoms with Crippen LogP contribution in [0, 0.1) is 40.7 Å². The van der Waals surface area contributed by atoms with E-state index in [1.807, 2.05) is 0 Å². The lowest BCUT2D eigenvalue weighted by Gasteiger charge is -2.38. The summed E-state index contributed by atoms with van der Waals surface area (Å²) in [6.45, 7) is 3.35. The molecule has 0 atom stereocenters. The van der Waals surface area contributed by atoms with Crippen molar-refractivity contribution < 1.29 is 18.3 Å². The molecule has 142 valence electrons. The topological polar surface area (TPSA) is 42.2 Å². The van der Waals surface area contributed by atoms with Gasteiger partial charge in [-0.3, -0.25) is 0 Å². The molecule has 3 nitrogen and oxygen atoms in total. The minimum absolute atomic E-state index is 0.292. The molecule has 1 aromatic carbocycles. The standard InChI is InChI=1S/C21H27F2NO2/c1-2-3-4-14-5-7-15(8-6-14)17-12-25-21(26-13-17)16-9-19(22)18(11-24)20(23)10-16/h9-10,14-15,17,21H,2-8,12-13H2,1H3. The zero-order valence-electron chi connectivity index (χ0n) is 15.3. The molecular formula is C21H27F2NO2. The Hall–Kier alpha value is -1.51. The third kappa shape index (κ3) is 4.42. The molecule has 0 bridgehead atoms. The van der Waals surface area contributed by atoms with Gasteiger partial charge in [-0.15, -0.1) is 0 Å². The van der Waals surface area contributed by atoms with Crippen LogP contribution >= 0.6 is 0 Å². The van der Waals surface area contributed by atoms with Crippen molar-refractivity contribution in [2.75, 3.05) is 13.2 Å². The average molecular weight is 363 g/mol. The van der Waals surface area contributed by atoms with Crippen LogP contribution in [0.3, 0.4) is 0 Å². The van der Waals surface area contributed by atoms with Crippen LogP contribution in [0.1, 0.15) is 69.3 Å². The van der Waals surface area contributed by atoms with Crippen molar-refractivity contribution in [3.05, 3.63) is 34.9 Å². The molecule has 0 amide bonds. The van der Waals surface area contributed by atoms with Gasteiger partial charge in [0, 0.05) is 11.5 Å². The van der Waals surface area contributed by atoms with Gasteiger partial charge in [0.05, 0.1) is 13.2 Å². The van der Waals surface area contributed by atoms with Gasteiger partial charge >= 0.3 is 0 Å². The van der Waals surface area contributed by atoms with Crippen LogP contribution in [-0.2, 0) is 9.47 Å². The molecule has 3 rings (SSSR count). The van der Waals surface area contributed by atoms with Crippen molar-refractivity contribution in [3.8, 4) is 6.07 Å². The van der Waals surface area contributed by atoms with Crippen molar-refractivity contribution in [3.63, 3.8) is 0 Å². The lowest BCUT2D eigenvalue weighted by atomic mass is 9.74. The molecule has 1 aliphatic carbocycles. The maximum atomic E-state index is 13.8. The summed E-state index contributed by atoms with van der Waals surface area (Å²) in [4.78, 5) is 0. The monoisotopic (exact) mass is 363 g/mol. The van der Waals surface area contributed by atoms with E-state index in [-0.39, 0.29) is 0 Å². The zero-order chi connectivity index (χ0) is 18.5. The number of ether oxygens (including phenoxy) is 2. The summed E-state index contributed by atoms with van der Waals surface area (Å²) in [5, 5.41) is 8.75. The van der Waals surface area contributed by atoms with E-state index in [9.17, 15) is 8.78 Å². The van der Waals surface area contributed by atoms with Gasteiger partial charge < -0.3 is 9.47 Å². The lowest BCUT2D eigenvalue weighted by molar-refractivity contribution is -0.215. The molecule has 1 aromatic rings. The van der Waals surface area contributed by atoms with Crippen molar-refractivity contribution in [1.82, 2.24) is 0 Å². The molecule has 1 saturated heterocycles. The zero-order valence-corrected chi connectivity index (χ0v) is 15.3. The third-order valence-electron chi connectivity index (χ3n) is 5.90. The van der Waals surface area contributed by atoms with Crippen molar-refractivity contribution in [1.29, 1.82) is 5.26 Å². The summed E-state index contributed by atoms with van der Waals surface area (Å²) < 4.78 is 39.1. The highest BCUT2D eigenvalue weighted by molar-refractivity contribution is 5.35. The van der Waals surface area contributed by atoms with Crippen LogP contribution in [0.4, 0.5) is 8.78 Å². The highest BCUT2D eigenvalue weighted by Gasteiger charge is 2.32. The summed E-state index contributed by atoms with van der Waals surface area (Å²) in [5.74, 6) is 0.0909. The fourth-order valence-corrected chi connectivity index (χ4v) is 4.26. The quantitative estimate of drug-likeness (QED) is 0.694. The smallest absolute Gasteiger partial charge is 0.184 e. The molecule has 2 fully saturated rings. The highest BCUT2D eigenvalue weighted by Crippen LogP contribution is 2.38. The van der Waals surface area contributed by atoms with Crippen molar-refractivity contribution >= 4 is 0 Å². The number of halogens is 2. The molecule has 0 aromatic heterocycles. The number of hydrogen-bond acceptors (Lipinski definition) is 3. The van der Waals surface area contributed by atoms with E-state index in [0.29, 0.717) is 30.6 Å². The summed E-state index contributed by atoms with van der Waals surface area (Å²) in [6.07, 6.45) is 8.19. The fourth-order valence-electron chi connectivity index (χ4n) is 4.26. The maximum absolute atomic E-state index is 13.8. The Morgan fingerprint density at radius 1 is 1.04 bits per heavy atom. The first-order valence-electron chi connectivity index (χ1n) is 9.74. The number of rotatable bonds is 5. The van der Waals surface area contributed by atoms with Crippen molar-refractivity contribution in [2.45, 2.75) is 58.2 Å². The Kier molecular flexibility index (Phi) is 6.61. The highest BCUT2D eigenvalue weighted by atomic mass is 19.1. The minimum Gasteiger partial charge on any atom is -0.348 e. The molecule has 5 heteroatoms. The van der Waals surface area contributed by atoms with Gasteiger partial charge in [0.25, 0.3) is 0 Å². The predicted octanol–water partition coefficient (Wildman–Crippen LogP) is 5.49. The number of unbranched alkanes of at least 4 members (excludes halogenated alkanes) is 1. The Morgan fingerprint density at radius 3 is 2.19 bits per heavy atom.